The van der Waals surface area contributed by atoms with Crippen LogP contribution in [0.4, 0.5) is 0 Å². The predicted octanol–water partition coefficient (Wildman–Crippen LogP) is 0.0514. The van der Waals surface area contributed by atoms with Crippen molar-refractivity contribution in [3.63, 3.8) is 0 Å². The minimum Gasteiger partial charge on any atom is -0.550 e. The molecule has 0 radical (unpaired) electrons. The smallest absolute Gasteiger partial charge is 0.235 e. The number of nitrogens with one attached hydrogen (secondary N) is 1. The number of nitrogens with zero attached hydrogens (tertiary/aromatic N) is 1. The van der Waals surface area contributed by atoms with E-state index in [0.29, 0.717) is 10.9 Å². The van der Waals surface area contributed by atoms with Gasteiger partial charge in [0, 0.05) is 23.8 Å². The average molecular weight is 253 g/mol. The molecule has 1 amide bonds. The molecule has 0 spiro atoms. The lowest BCUT2D eigenvalue weighted by atomic mass is 10.0. The zero-order valence-electron chi connectivity index (χ0n) is 9.49. The lowest BCUT2D eigenvalue weighted by Crippen LogP contribution is -2.41. The summed E-state index contributed by atoms with van der Waals surface area (Å²) >= 11 is 1.33. The number of carbonyl (C=O) groups excluding carboxylic acids is 2. The molecule has 1 rings (SSSR count). The predicted molar refractivity (Wildman–Crippen MR) is 65.1 cm³/mol. The lowest BCUT2D eigenvalue weighted by Gasteiger charge is -2.23. The zero-order chi connectivity index (χ0) is 13.0. The highest BCUT2D eigenvalue weighted by molar-refractivity contribution is 8.14. The summed E-state index contributed by atoms with van der Waals surface area (Å²) in [5, 5.41) is 13.4. The van der Waals surface area contributed by atoms with E-state index in [1.165, 1.54) is 11.8 Å². The van der Waals surface area contributed by atoms with Crippen molar-refractivity contribution < 1.29 is 14.7 Å². The molecule has 1 atom stereocenters. The van der Waals surface area contributed by atoms with Crippen molar-refractivity contribution in [2.45, 2.75) is 13.3 Å². The Hall–Kier alpha value is -1.56. The molecule has 0 aromatic rings. The number of carboxylic acid groups (broad SMARTS) is 1. The van der Waals surface area contributed by atoms with Crippen LogP contribution in [0.2, 0.25) is 0 Å². The molecule has 1 unspecified atom stereocenters. The van der Waals surface area contributed by atoms with Crippen LogP contribution in [0.3, 0.4) is 0 Å². The second-order valence-corrected chi connectivity index (χ2v) is 4.74. The van der Waals surface area contributed by atoms with E-state index in [9.17, 15) is 14.7 Å². The van der Waals surface area contributed by atoms with Crippen LogP contribution in [0.15, 0.2) is 29.4 Å². The van der Waals surface area contributed by atoms with Crippen LogP contribution in [-0.2, 0) is 9.59 Å². The summed E-state index contributed by atoms with van der Waals surface area (Å²) in [5.41, 5.74) is 1.21. The Labute approximate surface area is 104 Å². The Bertz CT molecular complexity index is 415. The molecule has 1 heterocycles. The molecule has 6 heteroatoms. The van der Waals surface area contributed by atoms with E-state index < -0.39 is 24.2 Å². The van der Waals surface area contributed by atoms with Crippen molar-refractivity contribution in [2.24, 2.45) is 10.9 Å². The molecule has 1 N–H and O–H groups in total. The minimum atomic E-state index is -1.29. The van der Waals surface area contributed by atoms with Gasteiger partial charge in [-0.15, -0.1) is 0 Å². The summed E-state index contributed by atoms with van der Waals surface area (Å²) in [7, 11) is 0. The van der Waals surface area contributed by atoms with E-state index in [-0.39, 0.29) is 5.70 Å². The first-order chi connectivity index (χ1) is 7.90. The lowest BCUT2D eigenvalue weighted by molar-refractivity contribution is -0.306. The molecular weight excluding hydrogens is 240 g/mol. The van der Waals surface area contributed by atoms with Gasteiger partial charge in [0.05, 0.1) is 5.92 Å². The van der Waals surface area contributed by atoms with Gasteiger partial charge >= 0.3 is 0 Å². The molecule has 0 aromatic carbocycles. The molecule has 0 aromatic heterocycles. The van der Waals surface area contributed by atoms with E-state index in [1.807, 2.05) is 6.92 Å². The fraction of sp³-hybridized carbons (Fsp3) is 0.364. The number of thioether (sulfide) groups is 1. The Morgan fingerprint density at radius 1 is 1.65 bits per heavy atom. The third-order valence-corrected chi connectivity index (χ3v) is 3.12. The number of aliphatic carboxylic acids is 1. The van der Waals surface area contributed by atoms with E-state index in [1.54, 1.807) is 0 Å². The first-order valence-electron chi connectivity index (χ1n) is 4.95. The van der Waals surface area contributed by atoms with Gasteiger partial charge < -0.3 is 15.2 Å². The highest BCUT2D eigenvalue weighted by Crippen LogP contribution is 2.22. The van der Waals surface area contributed by atoms with Crippen molar-refractivity contribution in [3.8, 4) is 0 Å². The molecule has 92 valence electrons. The monoisotopic (exact) mass is 253 g/mol. The summed E-state index contributed by atoms with van der Waals surface area (Å²) in [6.45, 7) is 9.20. The standard InChI is InChI=1S/C11H14N2O3S/c1-6(2)5-17-11-12-7(3)8(4-9(14)15)10(16)13-11/h8H,1,3-5H2,2H3,(H,14,15)(H,12,13,16)/p-1. The first-order valence-corrected chi connectivity index (χ1v) is 5.94. The van der Waals surface area contributed by atoms with Crippen molar-refractivity contribution in [1.29, 1.82) is 0 Å². The third kappa shape index (κ3) is 4.07. The summed E-state index contributed by atoms with van der Waals surface area (Å²) in [5.74, 6) is -1.90. The molecule has 0 aliphatic carbocycles. The number of amidine groups is 1. The van der Waals surface area contributed by atoms with Crippen molar-refractivity contribution in [2.75, 3.05) is 5.75 Å². The van der Waals surface area contributed by atoms with E-state index >= 15 is 0 Å². The van der Waals surface area contributed by atoms with Crippen LogP contribution in [0.5, 0.6) is 0 Å². The zero-order valence-corrected chi connectivity index (χ0v) is 10.3. The fourth-order valence-electron chi connectivity index (χ4n) is 1.22. The third-order valence-electron chi connectivity index (χ3n) is 2.02. The van der Waals surface area contributed by atoms with Crippen LogP contribution in [-0.4, -0.2) is 22.8 Å². The molecule has 0 saturated heterocycles. The number of aliphatic imine (C=N–C) groups is 1. The maximum absolute atomic E-state index is 11.6. The van der Waals surface area contributed by atoms with Gasteiger partial charge in [-0.1, -0.05) is 30.5 Å². The summed E-state index contributed by atoms with van der Waals surface area (Å²) in [6.07, 6.45) is -0.396. The highest BCUT2D eigenvalue weighted by Gasteiger charge is 2.27. The summed E-state index contributed by atoms with van der Waals surface area (Å²) in [4.78, 5) is 26.1. The van der Waals surface area contributed by atoms with Gasteiger partial charge in [-0.05, 0) is 6.92 Å². The minimum absolute atomic E-state index is 0.252. The summed E-state index contributed by atoms with van der Waals surface area (Å²) < 4.78 is 0. The SMILES string of the molecule is C=C(C)CSC1=NC(=C)C(CC(=O)[O-])C(=O)N1. The van der Waals surface area contributed by atoms with Gasteiger partial charge in [-0.3, -0.25) is 4.79 Å². The normalized spacial score (nSPS) is 19.6. The second-order valence-electron chi connectivity index (χ2n) is 3.77. The van der Waals surface area contributed by atoms with Crippen LogP contribution in [0, 0.1) is 5.92 Å². The molecule has 1 aliphatic heterocycles. The van der Waals surface area contributed by atoms with E-state index in [4.69, 9.17) is 0 Å². The number of rotatable bonds is 4. The van der Waals surface area contributed by atoms with Crippen LogP contribution in [0.1, 0.15) is 13.3 Å². The van der Waals surface area contributed by atoms with Gasteiger partial charge in [0.25, 0.3) is 0 Å². The number of amides is 1. The molecule has 0 fully saturated rings. The van der Waals surface area contributed by atoms with Gasteiger partial charge in [-0.2, -0.15) is 0 Å². The summed E-state index contributed by atoms with van der Waals surface area (Å²) in [6, 6.07) is 0. The van der Waals surface area contributed by atoms with Gasteiger partial charge in [0.1, 0.15) is 0 Å². The van der Waals surface area contributed by atoms with Crippen molar-refractivity contribution in [1.82, 2.24) is 5.32 Å². The second kappa shape index (κ2) is 5.67. The van der Waals surface area contributed by atoms with E-state index in [0.717, 1.165) is 5.57 Å². The van der Waals surface area contributed by atoms with Crippen molar-refractivity contribution >= 4 is 28.8 Å². The molecule has 0 saturated carbocycles. The highest BCUT2D eigenvalue weighted by atomic mass is 32.2. The molecule has 0 bridgehead atoms. The Morgan fingerprint density at radius 2 is 2.29 bits per heavy atom. The van der Waals surface area contributed by atoms with Crippen LogP contribution >= 0.6 is 11.8 Å². The molecule has 17 heavy (non-hydrogen) atoms. The van der Waals surface area contributed by atoms with Crippen LogP contribution in [0.25, 0.3) is 0 Å². The Balaban J connectivity index is 2.70. The molecule has 1 aliphatic rings. The molecular formula is C11H13N2O3S-. The maximum atomic E-state index is 11.6. The number of carboxylic acids is 1. The van der Waals surface area contributed by atoms with Gasteiger partial charge in [0.15, 0.2) is 5.17 Å². The quantitative estimate of drug-likeness (QED) is 0.718. The number of carbonyl (C=O) groups is 2. The van der Waals surface area contributed by atoms with Crippen molar-refractivity contribution in [3.05, 3.63) is 24.4 Å². The van der Waals surface area contributed by atoms with Gasteiger partial charge in [-0.25, -0.2) is 4.99 Å². The number of hydrogen-bond acceptors (Lipinski definition) is 5. The first kappa shape index (κ1) is 13.5. The fourth-order valence-corrected chi connectivity index (χ4v) is 1.95. The Kier molecular flexibility index (Phi) is 4.51. The average Bonchev–Trinajstić information content (AvgIpc) is 2.20. The topological polar surface area (TPSA) is 81.6 Å². The molecule has 5 nitrogen and oxygen atoms in total. The largest absolute Gasteiger partial charge is 0.550 e. The Morgan fingerprint density at radius 3 is 2.76 bits per heavy atom. The maximum Gasteiger partial charge on any atom is 0.235 e. The van der Waals surface area contributed by atoms with Crippen LogP contribution < -0.4 is 10.4 Å². The van der Waals surface area contributed by atoms with E-state index in [2.05, 4.69) is 23.5 Å². The van der Waals surface area contributed by atoms with Gasteiger partial charge in [0.2, 0.25) is 5.91 Å². The number of hydrogen-bond donors (Lipinski definition) is 1.